The second-order valence-corrected chi connectivity index (χ2v) is 10.9. The number of aryl methyl sites for hydroxylation is 1. The zero-order valence-electron chi connectivity index (χ0n) is 20.4. The van der Waals surface area contributed by atoms with Crippen molar-refractivity contribution < 1.29 is 19.1 Å². The van der Waals surface area contributed by atoms with Crippen LogP contribution in [0.25, 0.3) is 0 Å². The molecule has 0 radical (unpaired) electrons. The molecule has 6 nitrogen and oxygen atoms in total. The van der Waals surface area contributed by atoms with Crippen LogP contribution in [0.4, 0.5) is 0 Å². The highest BCUT2D eigenvalue weighted by molar-refractivity contribution is 7.97. The fourth-order valence-electron chi connectivity index (χ4n) is 4.09. The van der Waals surface area contributed by atoms with Gasteiger partial charge in [0.05, 0.1) is 23.3 Å². The van der Waals surface area contributed by atoms with Gasteiger partial charge in [-0.25, -0.2) is 4.31 Å². The van der Waals surface area contributed by atoms with E-state index >= 15 is 0 Å². The van der Waals surface area contributed by atoms with Crippen molar-refractivity contribution >= 4 is 35.0 Å². The summed E-state index contributed by atoms with van der Waals surface area (Å²) >= 11 is 3.11. The first kappa shape index (κ1) is 25.4. The first-order chi connectivity index (χ1) is 16.9. The van der Waals surface area contributed by atoms with Crippen molar-refractivity contribution in [3.8, 4) is 5.75 Å². The van der Waals surface area contributed by atoms with E-state index in [9.17, 15) is 9.59 Å². The second kappa shape index (κ2) is 11.4. The molecule has 0 N–H and O–H groups in total. The van der Waals surface area contributed by atoms with Crippen molar-refractivity contribution in [1.82, 2.24) is 9.29 Å². The predicted molar refractivity (Wildman–Crippen MR) is 139 cm³/mol. The van der Waals surface area contributed by atoms with E-state index in [1.165, 1.54) is 29.6 Å². The molecule has 2 aromatic heterocycles. The van der Waals surface area contributed by atoms with E-state index in [1.807, 2.05) is 24.4 Å². The van der Waals surface area contributed by atoms with Gasteiger partial charge in [0.15, 0.2) is 5.78 Å². The Morgan fingerprint density at radius 2 is 2.09 bits per heavy atom. The number of rotatable bonds is 8. The molecule has 0 saturated heterocycles. The Bertz CT molecular complexity index is 1210. The van der Waals surface area contributed by atoms with Gasteiger partial charge in [0, 0.05) is 36.3 Å². The Balaban J connectivity index is 1.64. The van der Waals surface area contributed by atoms with Gasteiger partial charge in [-0.3, -0.25) is 14.6 Å². The number of methoxy groups -OCH3 is 1. The Morgan fingerprint density at radius 1 is 1.26 bits per heavy atom. The quantitative estimate of drug-likeness (QED) is 0.208. The number of carbonyl (C=O) groups excluding carboxylic acids is 2. The molecule has 1 unspecified atom stereocenters. The number of hydrogen-bond donors (Lipinski definition) is 0. The maximum Gasteiger partial charge on any atom is 0.306 e. The molecule has 0 spiro atoms. The average Bonchev–Trinajstić information content (AvgIpc) is 3.27. The van der Waals surface area contributed by atoms with Crippen LogP contribution >= 0.6 is 23.3 Å². The van der Waals surface area contributed by atoms with E-state index in [2.05, 4.69) is 41.3 Å². The highest BCUT2D eigenvalue weighted by Crippen LogP contribution is 2.38. The Kier molecular flexibility index (Phi) is 8.26. The van der Waals surface area contributed by atoms with Gasteiger partial charge >= 0.3 is 5.97 Å². The molecule has 0 saturated carbocycles. The molecule has 0 amide bonds. The van der Waals surface area contributed by atoms with Crippen LogP contribution in [0, 0.1) is 6.92 Å². The minimum absolute atomic E-state index is 0.0309. The van der Waals surface area contributed by atoms with Gasteiger partial charge in [-0.05, 0) is 67.1 Å². The maximum absolute atomic E-state index is 12.3. The minimum Gasteiger partial charge on any atom is -0.488 e. The third kappa shape index (κ3) is 6.12. The van der Waals surface area contributed by atoms with E-state index in [0.29, 0.717) is 4.88 Å². The summed E-state index contributed by atoms with van der Waals surface area (Å²) in [5.41, 5.74) is 3.42. The Labute approximate surface area is 214 Å². The van der Waals surface area contributed by atoms with Gasteiger partial charge in [-0.2, -0.15) is 0 Å². The number of ether oxygens (including phenoxy) is 2. The number of thiophene rings is 1. The molecule has 1 aromatic carbocycles. The van der Waals surface area contributed by atoms with E-state index < -0.39 is 0 Å². The average molecular weight is 511 g/mol. The van der Waals surface area contributed by atoms with Crippen LogP contribution in [0.1, 0.15) is 63.8 Å². The predicted octanol–water partition coefficient (Wildman–Crippen LogP) is 6.03. The lowest BCUT2D eigenvalue weighted by Crippen LogP contribution is -2.29. The van der Waals surface area contributed by atoms with Crippen LogP contribution in [0.2, 0.25) is 0 Å². The van der Waals surface area contributed by atoms with Crippen LogP contribution in [-0.2, 0) is 16.1 Å². The monoisotopic (exact) mass is 510 g/mol. The van der Waals surface area contributed by atoms with Crippen molar-refractivity contribution in [2.75, 3.05) is 13.7 Å². The number of benzene rings is 1. The summed E-state index contributed by atoms with van der Waals surface area (Å²) in [5.74, 6) is 0.462. The molecule has 184 valence electrons. The molecule has 0 fully saturated rings. The zero-order chi connectivity index (χ0) is 24.9. The first-order valence-corrected chi connectivity index (χ1v) is 13.3. The van der Waals surface area contributed by atoms with E-state index in [1.54, 1.807) is 25.1 Å². The van der Waals surface area contributed by atoms with Gasteiger partial charge in [0.25, 0.3) is 0 Å². The van der Waals surface area contributed by atoms with Crippen molar-refractivity contribution in [2.45, 2.75) is 57.1 Å². The van der Waals surface area contributed by atoms with Gasteiger partial charge in [0.1, 0.15) is 11.9 Å². The number of nitrogens with zero attached hydrogens (tertiary/aromatic N) is 2. The van der Waals surface area contributed by atoms with E-state index in [0.717, 1.165) is 40.6 Å². The summed E-state index contributed by atoms with van der Waals surface area (Å²) in [4.78, 5) is 31.1. The summed E-state index contributed by atoms with van der Waals surface area (Å²) in [6.45, 7) is 7.33. The molecule has 1 aliphatic heterocycles. The van der Waals surface area contributed by atoms with E-state index in [4.69, 9.17) is 9.47 Å². The van der Waals surface area contributed by atoms with Crippen LogP contribution in [0.15, 0.2) is 53.7 Å². The fraction of sp³-hybridized carbons (Fsp3) is 0.370. The third-order valence-corrected chi connectivity index (χ3v) is 8.51. The molecule has 3 heterocycles. The molecule has 1 aliphatic rings. The zero-order valence-corrected chi connectivity index (χ0v) is 22.1. The SMILES string of the molecule is CC[C@@H]1CN(Cc2cc(C(CC(=O)OC)c3ccc(C(C)=O)s3)ccc2C)Sc2cnccc2O1. The number of Topliss-reactive ketones (excluding diaryl/α,β-unsaturated/α-hetero) is 1. The summed E-state index contributed by atoms with van der Waals surface area (Å²) in [6.07, 6.45) is 4.84. The number of carbonyl (C=O) groups is 2. The number of pyridine rings is 1. The summed E-state index contributed by atoms with van der Waals surface area (Å²) in [5, 5.41) is 0. The molecule has 8 heteroatoms. The lowest BCUT2D eigenvalue weighted by Gasteiger charge is -2.24. The molecule has 35 heavy (non-hydrogen) atoms. The molecule has 3 aromatic rings. The van der Waals surface area contributed by atoms with Crippen molar-refractivity contribution in [3.05, 3.63) is 75.2 Å². The van der Waals surface area contributed by atoms with Gasteiger partial charge in [0.2, 0.25) is 0 Å². The maximum atomic E-state index is 12.3. The number of hydrogen-bond acceptors (Lipinski definition) is 8. The van der Waals surface area contributed by atoms with Crippen LogP contribution in [0.3, 0.4) is 0 Å². The normalized spacial score (nSPS) is 16.6. The molecule has 0 aliphatic carbocycles. The summed E-state index contributed by atoms with van der Waals surface area (Å²) < 4.78 is 13.5. The smallest absolute Gasteiger partial charge is 0.306 e. The lowest BCUT2D eigenvalue weighted by molar-refractivity contribution is -0.140. The largest absolute Gasteiger partial charge is 0.488 e. The third-order valence-electron chi connectivity index (χ3n) is 6.17. The van der Waals surface area contributed by atoms with Crippen LogP contribution < -0.4 is 4.74 Å². The Hall–Kier alpha value is -2.68. The molecular formula is C27H30N2O4S2. The molecular weight excluding hydrogens is 480 g/mol. The van der Waals surface area contributed by atoms with Crippen LogP contribution in [-0.4, -0.2) is 40.8 Å². The number of aromatic nitrogens is 1. The summed E-state index contributed by atoms with van der Waals surface area (Å²) in [6, 6.07) is 12.1. The first-order valence-electron chi connectivity index (χ1n) is 11.7. The lowest BCUT2D eigenvalue weighted by atomic mass is 9.91. The highest BCUT2D eigenvalue weighted by Gasteiger charge is 2.25. The number of esters is 1. The molecule has 2 atom stereocenters. The van der Waals surface area contributed by atoms with Crippen molar-refractivity contribution in [1.29, 1.82) is 0 Å². The highest BCUT2D eigenvalue weighted by atomic mass is 32.2. The van der Waals surface area contributed by atoms with Crippen molar-refractivity contribution in [2.24, 2.45) is 0 Å². The van der Waals surface area contributed by atoms with Gasteiger partial charge in [-0.1, -0.05) is 25.1 Å². The second-order valence-electron chi connectivity index (χ2n) is 8.66. The summed E-state index contributed by atoms with van der Waals surface area (Å²) in [7, 11) is 1.41. The number of fused-ring (bicyclic) bond motifs is 1. The van der Waals surface area contributed by atoms with E-state index in [-0.39, 0.29) is 30.2 Å². The number of ketones is 1. The van der Waals surface area contributed by atoms with Crippen LogP contribution in [0.5, 0.6) is 5.75 Å². The van der Waals surface area contributed by atoms with Gasteiger partial charge in [-0.15, -0.1) is 11.3 Å². The fourth-order valence-corrected chi connectivity index (χ4v) is 6.16. The standard InChI is InChI=1S/C27H30N2O4S2/c1-5-21-16-29(35-26-14-28-11-10-23(26)33-21)15-20-12-19(7-6-17(20)2)22(13-27(31)32-4)25-9-8-24(34-25)18(3)30/h6-12,14,21-22H,5,13,15-16H2,1-4H3/t21-,22?/m1/s1. The topological polar surface area (TPSA) is 68.7 Å². The minimum atomic E-state index is -0.273. The molecule has 4 rings (SSSR count). The molecule has 0 bridgehead atoms. The van der Waals surface area contributed by atoms with Crippen molar-refractivity contribution in [3.63, 3.8) is 0 Å². The van der Waals surface area contributed by atoms with Gasteiger partial charge < -0.3 is 9.47 Å². The Morgan fingerprint density at radius 3 is 2.80 bits per heavy atom.